The molecule has 0 saturated carbocycles. The Balaban J connectivity index is 2.46. The molecule has 0 aliphatic heterocycles. The predicted molar refractivity (Wildman–Crippen MR) is 67.0 cm³/mol. The molecule has 2 rings (SSSR count). The lowest BCUT2D eigenvalue weighted by Gasteiger charge is -2.02. The number of hydrogen-bond donors (Lipinski definition) is 1. The summed E-state index contributed by atoms with van der Waals surface area (Å²) in [4.78, 5) is 5.63. The van der Waals surface area contributed by atoms with Crippen LogP contribution in [0.25, 0.3) is 10.6 Å². The third-order valence-electron chi connectivity index (χ3n) is 2.16. The van der Waals surface area contributed by atoms with Gasteiger partial charge >= 0.3 is 0 Å². The van der Waals surface area contributed by atoms with Crippen LogP contribution in [0.5, 0.6) is 0 Å². The molecule has 0 atom stereocenters. The Hall–Kier alpha value is -0.650. The van der Waals surface area contributed by atoms with Gasteiger partial charge in [0.25, 0.3) is 0 Å². The molecule has 2 heterocycles. The maximum Gasteiger partial charge on any atom is 0.0952 e. The highest BCUT2D eigenvalue weighted by Crippen LogP contribution is 2.31. The van der Waals surface area contributed by atoms with Crippen LogP contribution in [0.1, 0.15) is 5.69 Å². The minimum Gasteiger partial charge on any atom is -0.333 e. The van der Waals surface area contributed by atoms with Gasteiger partial charge in [-0.2, -0.15) is 0 Å². The zero-order chi connectivity index (χ0) is 10.8. The maximum atomic E-state index is 4.38. The van der Waals surface area contributed by atoms with E-state index in [1.54, 1.807) is 11.3 Å². The maximum absolute atomic E-state index is 4.38. The molecule has 0 unspecified atom stereocenters. The molecule has 0 radical (unpaired) electrons. The second-order valence-corrected chi connectivity index (χ2v) is 5.14. The summed E-state index contributed by atoms with van der Waals surface area (Å²) in [5, 5.41) is 5.22. The Bertz CT molecular complexity index is 461. The van der Waals surface area contributed by atoms with Crippen molar-refractivity contribution in [2.75, 3.05) is 7.05 Å². The van der Waals surface area contributed by atoms with E-state index in [0.29, 0.717) is 0 Å². The fraction of sp³-hybridized carbons (Fsp3) is 0.300. The smallest absolute Gasteiger partial charge is 0.0952 e. The van der Waals surface area contributed by atoms with E-state index in [1.807, 2.05) is 20.4 Å². The SMILES string of the molecule is CNCc1ncn(C)c1-c1cc(Br)cs1. The van der Waals surface area contributed by atoms with Gasteiger partial charge in [0.1, 0.15) is 0 Å². The first kappa shape index (κ1) is 10.9. The lowest BCUT2D eigenvalue weighted by Crippen LogP contribution is -2.06. The van der Waals surface area contributed by atoms with E-state index in [9.17, 15) is 0 Å². The Labute approximate surface area is 101 Å². The van der Waals surface area contributed by atoms with Crippen molar-refractivity contribution < 1.29 is 0 Å². The molecular weight excluding hydrogens is 274 g/mol. The fourth-order valence-electron chi connectivity index (χ4n) is 1.53. The first-order valence-corrected chi connectivity index (χ1v) is 6.29. The summed E-state index contributed by atoms with van der Waals surface area (Å²) in [5.74, 6) is 0. The molecule has 5 heteroatoms. The predicted octanol–water partition coefficient (Wildman–Crippen LogP) is 2.63. The minimum atomic E-state index is 0.797. The van der Waals surface area contributed by atoms with Gasteiger partial charge in [0, 0.05) is 23.4 Å². The van der Waals surface area contributed by atoms with Crippen LogP contribution >= 0.6 is 27.3 Å². The average Bonchev–Trinajstić information content (AvgIpc) is 2.74. The highest BCUT2D eigenvalue weighted by atomic mass is 79.9. The zero-order valence-electron chi connectivity index (χ0n) is 8.62. The topological polar surface area (TPSA) is 29.9 Å². The van der Waals surface area contributed by atoms with Crippen LogP contribution in [-0.4, -0.2) is 16.6 Å². The van der Waals surface area contributed by atoms with Crippen molar-refractivity contribution in [3.05, 3.63) is 27.9 Å². The molecule has 0 aliphatic carbocycles. The summed E-state index contributed by atoms with van der Waals surface area (Å²) in [5.41, 5.74) is 2.29. The summed E-state index contributed by atoms with van der Waals surface area (Å²) >= 11 is 5.20. The van der Waals surface area contributed by atoms with Crippen molar-refractivity contribution in [2.24, 2.45) is 7.05 Å². The molecule has 0 saturated heterocycles. The average molecular weight is 286 g/mol. The van der Waals surface area contributed by atoms with Crippen LogP contribution in [0, 0.1) is 0 Å². The summed E-state index contributed by atoms with van der Waals surface area (Å²) < 4.78 is 3.18. The van der Waals surface area contributed by atoms with E-state index in [-0.39, 0.29) is 0 Å². The Kier molecular flexibility index (Phi) is 3.23. The summed E-state index contributed by atoms with van der Waals surface area (Å²) in [7, 11) is 3.96. The molecule has 0 aliphatic rings. The highest BCUT2D eigenvalue weighted by Gasteiger charge is 2.12. The van der Waals surface area contributed by atoms with Crippen LogP contribution in [0.15, 0.2) is 22.2 Å². The number of nitrogens with zero attached hydrogens (tertiary/aromatic N) is 2. The summed E-state index contributed by atoms with van der Waals surface area (Å²) in [6.45, 7) is 0.797. The fourth-order valence-corrected chi connectivity index (χ4v) is 3.07. The van der Waals surface area contributed by atoms with Gasteiger partial charge in [-0.25, -0.2) is 4.98 Å². The number of aromatic nitrogens is 2. The normalized spacial score (nSPS) is 10.9. The van der Waals surface area contributed by atoms with Crippen molar-refractivity contribution in [3.8, 4) is 10.6 Å². The third kappa shape index (κ3) is 2.14. The van der Waals surface area contributed by atoms with Gasteiger partial charge in [0.15, 0.2) is 0 Å². The zero-order valence-corrected chi connectivity index (χ0v) is 11.0. The third-order valence-corrected chi connectivity index (χ3v) is 3.86. The van der Waals surface area contributed by atoms with Gasteiger partial charge in [0.05, 0.1) is 22.6 Å². The lowest BCUT2D eigenvalue weighted by molar-refractivity contribution is 0.798. The van der Waals surface area contributed by atoms with Crippen molar-refractivity contribution in [1.29, 1.82) is 0 Å². The van der Waals surface area contributed by atoms with E-state index < -0.39 is 0 Å². The van der Waals surface area contributed by atoms with E-state index in [1.165, 1.54) is 10.6 Å². The number of nitrogens with one attached hydrogen (secondary N) is 1. The number of aryl methyl sites for hydroxylation is 1. The molecule has 0 fully saturated rings. The van der Waals surface area contributed by atoms with Crippen molar-refractivity contribution in [1.82, 2.24) is 14.9 Å². The van der Waals surface area contributed by atoms with Crippen molar-refractivity contribution in [2.45, 2.75) is 6.54 Å². The number of rotatable bonds is 3. The van der Waals surface area contributed by atoms with Gasteiger partial charge in [-0.15, -0.1) is 11.3 Å². The molecule has 0 amide bonds. The quantitative estimate of drug-likeness (QED) is 0.940. The second kappa shape index (κ2) is 4.47. The molecule has 0 aromatic carbocycles. The van der Waals surface area contributed by atoms with Crippen LogP contribution in [-0.2, 0) is 13.6 Å². The monoisotopic (exact) mass is 285 g/mol. The largest absolute Gasteiger partial charge is 0.333 e. The number of hydrogen-bond acceptors (Lipinski definition) is 3. The van der Waals surface area contributed by atoms with Crippen molar-refractivity contribution >= 4 is 27.3 Å². The Morgan fingerprint density at radius 3 is 3.00 bits per heavy atom. The van der Waals surface area contributed by atoms with Gasteiger partial charge in [-0.3, -0.25) is 0 Å². The lowest BCUT2D eigenvalue weighted by atomic mass is 10.2. The van der Waals surface area contributed by atoms with E-state index in [2.05, 4.69) is 42.2 Å². The van der Waals surface area contributed by atoms with Crippen LogP contribution in [0.2, 0.25) is 0 Å². The molecule has 15 heavy (non-hydrogen) atoms. The van der Waals surface area contributed by atoms with Gasteiger partial charge in [-0.1, -0.05) is 0 Å². The highest BCUT2D eigenvalue weighted by molar-refractivity contribution is 9.10. The molecule has 0 spiro atoms. The summed E-state index contributed by atoms with van der Waals surface area (Å²) in [6.07, 6.45) is 1.86. The van der Waals surface area contributed by atoms with Gasteiger partial charge in [0.2, 0.25) is 0 Å². The molecule has 2 aromatic rings. The van der Waals surface area contributed by atoms with Crippen LogP contribution < -0.4 is 5.32 Å². The van der Waals surface area contributed by atoms with Gasteiger partial charge < -0.3 is 9.88 Å². The first-order valence-electron chi connectivity index (χ1n) is 4.61. The Morgan fingerprint density at radius 2 is 2.40 bits per heavy atom. The molecule has 1 N–H and O–H groups in total. The number of imidazole rings is 1. The number of halogens is 1. The molecule has 0 bridgehead atoms. The molecular formula is C10H12BrN3S. The number of thiophene rings is 1. The standard InChI is InChI=1S/C10H12BrN3S/c1-12-4-8-10(14(2)6-13-8)9-3-7(11)5-15-9/h3,5-6,12H,4H2,1-2H3. The van der Waals surface area contributed by atoms with Gasteiger partial charge in [-0.05, 0) is 29.0 Å². The molecule has 2 aromatic heterocycles. The first-order chi connectivity index (χ1) is 7.22. The minimum absolute atomic E-state index is 0.797. The summed E-state index contributed by atoms with van der Waals surface area (Å²) in [6, 6.07) is 2.13. The second-order valence-electron chi connectivity index (χ2n) is 3.31. The van der Waals surface area contributed by atoms with E-state index in [0.717, 1.165) is 16.7 Å². The Morgan fingerprint density at radius 1 is 1.60 bits per heavy atom. The van der Waals surface area contributed by atoms with Crippen molar-refractivity contribution in [3.63, 3.8) is 0 Å². The van der Waals surface area contributed by atoms with E-state index >= 15 is 0 Å². The van der Waals surface area contributed by atoms with Crippen LogP contribution in [0.4, 0.5) is 0 Å². The van der Waals surface area contributed by atoms with E-state index in [4.69, 9.17) is 0 Å². The molecule has 3 nitrogen and oxygen atoms in total. The molecule has 80 valence electrons. The van der Waals surface area contributed by atoms with Crippen LogP contribution in [0.3, 0.4) is 0 Å².